The molecule has 0 amide bonds. The highest BCUT2D eigenvalue weighted by molar-refractivity contribution is 7.71. The van der Waals surface area contributed by atoms with E-state index in [1.165, 1.54) is 4.52 Å². The van der Waals surface area contributed by atoms with E-state index in [0.717, 1.165) is 0 Å². The summed E-state index contributed by atoms with van der Waals surface area (Å²) in [5.41, 5.74) is 0.775. The zero-order valence-electron chi connectivity index (χ0n) is 7.93. The molecule has 0 saturated carbocycles. The Balaban J connectivity index is 2.36. The van der Waals surface area contributed by atoms with Crippen LogP contribution in [0, 0.1) is 4.77 Å². The minimum Gasteiger partial charge on any atom is -0.463 e. The van der Waals surface area contributed by atoms with Crippen LogP contribution in [0.5, 0.6) is 0 Å². The van der Waals surface area contributed by atoms with Gasteiger partial charge in [0.1, 0.15) is 5.69 Å². The van der Waals surface area contributed by atoms with Crippen molar-refractivity contribution in [2.45, 2.75) is 0 Å². The number of aromatic amines is 2. The van der Waals surface area contributed by atoms with Crippen LogP contribution >= 0.6 is 12.2 Å². The standard InChI is InChI=1S/C9H6N4O2S/c14-9-11-8(16)10-7-4-5(12-13(7)9)6-2-1-3-15-6/h1-4,12H,(H,11,14,16). The van der Waals surface area contributed by atoms with E-state index in [1.54, 1.807) is 24.5 Å². The van der Waals surface area contributed by atoms with Crippen LogP contribution in [-0.4, -0.2) is 19.6 Å². The molecule has 0 fully saturated rings. The zero-order valence-corrected chi connectivity index (χ0v) is 8.75. The summed E-state index contributed by atoms with van der Waals surface area (Å²) in [5, 5.41) is 2.86. The predicted octanol–water partition coefficient (Wildman–Crippen LogP) is 1.34. The number of H-pyrrole nitrogens is 2. The maximum atomic E-state index is 11.5. The second-order valence-corrected chi connectivity index (χ2v) is 3.57. The van der Waals surface area contributed by atoms with Gasteiger partial charge in [-0.05, 0) is 24.4 Å². The quantitative estimate of drug-likeness (QED) is 0.623. The fourth-order valence-electron chi connectivity index (χ4n) is 1.48. The summed E-state index contributed by atoms with van der Waals surface area (Å²) in [4.78, 5) is 18.0. The largest absolute Gasteiger partial charge is 0.463 e. The van der Waals surface area contributed by atoms with E-state index in [4.69, 9.17) is 16.6 Å². The first-order chi connectivity index (χ1) is 7.74. The Bertz CT molecular complexity index is 750. The average molecular weight is 234 g/mol. The van der Waals surface area contributed by atoms with Crippen molar-refractivity contribution in [1.29, 1.82) is 0 Å². The highest BCUT2D eigenvalue weighted by Gasteiger charge is 2.07. The monoisotopic (exact) mass is 234 g/mol. The molecular weight excluding hydrogens is 228 g/mol. The van der Waals surface area contributed by atoms with Crippen molar-refractivity contribution >= 4 is 17.9 Å². The van der Waals surface area contributed by atoms with Crippen molar-refractivity contribution in [2.75, 3.05) is 0 Å². The number of aromatic nitrogens is 4. The van der Waals surface area contributed by atoms with Crippen LogP contribution in [-0.2, 0) is 0 Å². The van der Waals surface area contributed by atoms with Gasteiger partial charge in [0.2, 0.25) is 4.77 Å². The van der Waals surface area contributed by atoms with Gasteiger partial charge in [-0.3, -0.25) is 10.1 Å². The van der Waals surface area contributed by atoms with Gasteiger partial charge in [-0.1, -0.05) is 0 Å². The Morgan fingerprint density at radius 3 is 3.12 bits per heavy atom. The van der Waals surface area contributed by atoms with Crippen molar-refractivity contribution in [3.05, 3.63) is 39.7 Å². The smallest absolute Gasteiger partial charge is 0.348 e. The second kappa shape index (κ2) is 3.17. The molecule has 0 atom stereocenters. The normalized spacial score (nSPS) is 11.0. The van der Waals surface area contributed by atoms with Gasteiger partial charge in [0.15, 0.2) is 11.4 Å². The second-order valence-electron chi connectivity index (χ2n) is 3.19. The first kappa shape index (κ1) is 9.10. The third kappa shape index (κ3) is 1.29. The van der Waals surface area contributed by atoms with Crippen LogP contribution < -0.4 is 5.69 Å². The molecule has 0 aliphatic heterocycles. The molecule has 7 heteroatoms. The van der Waals surface area contributed by atoms with Crippen LogP contribution in [0.1, 0.15) is 0 Å². The molecular formula is C9H6N4O2S. The van der Waals surface area contributed by atoms with E-state index in [1.807, 2.05) is 0 Å². The number of hydrogen-bond acceptors (Lipinski definition) is 4. The first-order valence-electron chi connectivity index (χ1n) is 4.50. The van der Waals surface area contributed by atoms with Crippen LogP contribution in [0.15, 0.2) is 33.7 Å². The molecule has 3 aromatic rings. The topological polar surface area (TPSA) is 79.1 Å². The summed E-state index contributed by atoms with van der Waals surface area (Å²) in [6.07, 6.45) is 1.56. The summed E-state index contributed by atoms with van der Waals surface area (Å²) >= 11 is 4.82. The molecule has 0 aliphatic rings. The Morgan fingerprint density at radius 2 is 2.38 bits per heavy atom. The Morgan fingerprint density at radius 1 is 1.50 bits per heavy atom. The molecule has 3 heterocycles. The van der Waals surface area contributed by atoms with Crippen LogP contribution in [0.4, 0.5) is 0 Å². The predicted molar refractivity (Wildman–Crippen MR) is 58.7 cm³/mol. The van der Waals surface area contributed by atoms with E-state index in [9.17, 15) is 4.79 Å². The first-order valence-corrected chi connectivity index (χ1v) is 4.91. The molecule has 80 valence electrons. The number of hydrogen-bond donors (Lipinski definition) is 2. The molecule has 16 heavy (non-hydrogen) atoms. The van der Waals surface area contributed by atoms with E-state index >= 15 is 0 Å². The minimum absolute atomic E-state index is 0.162. The summed E-state index contributed by atoms with van der Waals surface area (Å²) in [6.45, 7) is 0. The van der Waals surface area contributed by atoms with E-state index in [-0.39, 0.29) is 10.5 Å². The van der Waals surface area contributed by atoms with Gasteiger partial charge in [-0.2, -0.15) is 4.52 Å². The molecule has 0 aliphatic carbocycles. The lowest BCUT2D eigenvalue weighted by molar-refractivity contribution is 0.579. The van der Waals surface area contributed by atoms with Crippen LogP contribution in [0.2, 0.25) is 0 Å². The summed E-state index contributed by atoms with van der Waals surface area (Å²) in [5.74, 6) is 0.635. The maximum Gasteiger partial charge on any atom is 0.348 e. The van der Waals surface area contributed by atoms with E-state index in [2.05, 4.69) is 15.1 Å². The summed E-state index contributed by atoms with van der Waals surface area (Å²) in [7, 11) is 0. The lowest BCUT2D eigenvalue weighted by Gasteiger charge is -1.90. The van der Waals surface area contributed by atoms with Crippen molar-refractivity contribution in [1.82, 2.24) is 19.6 Å². The molecule has 0 saturated heterocycles. The van der Waals surface area contributed by atoms with E-state index in [0.29, 0.717) is 17.1 Å². The van der Waals surface area contributed by atoms with Gasteiger partial charge in [0.05, 0.1) is 6.26 Å². The average Bonchev–Trinajstić information content (AvgIpc) is 2.82. The third-order valence-corrected chi connectivity index (χ3v) is 2.35. The molecule has 2 N–H and O–H groups in total. The molecule has 6 nitrogen and oxygen atoms in total. The Labute approximate surface area is 93.5 Å². The minimum atomic E-state index is -0.354. The van der Waals surface area contributed by atoms with Gasteiger partial charge >= 0.3 is 5.69 Å². The van der Waals surface area contributed by atoms with Crippen molar-refractivity contribution in [2.24, 2.45) is 0 Å². The number of nitrogens with one attached hydrogen (secondary N) is 2. The lowest BCUT2D eigenvalue weighted by Crippen LogP contribution is -2.18. The number of nitrogens with zero attached hydrogens (tertiary/aromatic N) is 2. The van der Waals surface area contributed by atoms with Gasteiger partial charge in [-0.25, -0.2) is 9.78 Å². The van der Waals surface area contributed by atoms with Crippen molar-refractivity contribution in [3.8, 4) is 11.5 Å². The lowest BCUT2D eigenvalue weighted by atomic mass is 10.3. The summed E-state index contributed by atoms with van der Waals surface area (Å²) < 4.78 is 6.64. The van der Waals surface area contributed by atoms with Gasteiger partial charge in [0, 0.05) is 6.07 Å². The van der Waals surface area contributed by atoms with Gasteiger partial charge in [0.25, 0.3) is 0 Å². The molecule has 0 bridgehead atoms. The van der Waals surface area contributed by atoms with E-state index < -0.39 is 0 Å². The van der Waals surface area contributed by atoms with Crippen molar-refractivity contribution in [3.63, 3.8) is 0 Å². The molecule has 3 aromatic heterocycles. The Kier molecular flexibility index (Phi) is 1.80. The fourth-order valence-corrected chi connectivity index (χ4v) is 1.66. The highest BCUT2D eigenvalue weighted by Crippen LogP contribution is 2.17. The highest BCUT2D eigenvalue weighted by atomic mass is 32.1. The molecule has 0 aromatic carbocycles. The Hall–Kier alpha value is -2.15. The van der Waals surface area contributed by atoms with Crippen molar-refractivity contribution < 1.29 is 4.42 Å². The van der Waals surface area contributed by atoms with Crippen LogP contribution in [0.25, 0.3) is 17.1 Å². The molecule has 0 spiro atoms. The maximum absolute atomic E-state index is 11.5. The number of rotatable bonds is 1. The third-order valence-electron chi connectivity index (χ3n) is 2.15. The summed E-state index contributed by atoms with van der Waals surface area (Å²) in [6, 6.07) is 5.25. The zero-order chi connectivity index (χ0) is 11.1. The molecule has 3 rings (SSSR count). The van der Waals surface area contributed by atoms with Crippen LogP contribution in [0.3, 0.4) is 0 Å². The SMILES string of the molecule is O=c1[nH]c(=S)nc2cc(-c3ccco3)[nH]n12. The van der Waals surface area contributed by atoms with Gasteiger partial charge < -0.3 is 4.42 Å². The number of furan rings is 1. The molecule has 0 radical (unpaired) electrons. The number of fused-ring (bicyclic) bond motifs is 1. The molecule has 0 unspecified atom stereocenters. The van der Waals surface area contributed by atoms with Gasteiger partial charge in [-0.15, -0.1) is 0 Å². The fraction of sp³-hybridized carbons (Fsp3) is 0.